The zero-order valence-corrected chi connectivity index (χ0v) is 14.7. The van der Waals surface area contributed by atoms with Crippen molar-refractivity contribution in [2.45, 2.75) is 25.8 Å². The van der Waals surface area contributed by atoms with Gasteiger partial charge in [-0.25, -0.2) is 0 Å². The SMILES string of the molecule is Cc1cc(C(=O)NC2CCN(c3cc(-c4cccs4)[nH]n3)CC2)no1. The lowest BCUT2D eigenvalue weighted by Gasteiger charge is -2.32. The van der Waals surface area contributed by atoms with E-state index in [-0.39, 0.29) is 11.9 Å². The van der Waals surface area contributed by atoms with E-state index in [4.69, 9.17) is 4.52 Å². The molecule has 0 atom stereocenters. The first kappa shape index (κ1) is 15.9. The van der Waals surface area contributed by atoms with E-state index in [1.165, 1.54) is 4.88 Å². The Morgan fingerprint density at radius 3 is 2.92 bits per heavy atom. The fourth-order valence-corrected chi connectivity index (χ4v) is 3.71. The summed E-state index contributed by atoms with van der Waals surface area (Å²) in [7, 11) is 0. The molecule has 4 rings (SSSR count). The van der Waals surface area contributed by atoms with Gasteiger partial charge in [-0.05, 0) is 31.2 Å². The van der Waals surface area contributed by atoms with Gasteiger partial charge in [0.15, 0.2) is 11.5 Å². The molecule has 0 unspecified atom stereocenters. The number of aryl methyl sites for hydroxylation is 1. The van der Waals surface area contributed by atoms with Crippen LogP contribution in [0.25, 0.3) is 10.6 Å². The van der Waals surface area contributed by atoms with Crippen LogP contribution >= 0.6 is 11.3 Å². The molecule has 7 nitrogen and oxygen atoms in total. The van der Waals surface area contributed by atoms with Gasteiger partial charge in [-0.2, -0.15) is 5.10 Å². The highest BCUT2D eigenvalue weighted by Crippen LogP contribution is 2.27. The standard InChI is InChI=1S/C17H19N5O2S/c1-11-9-14(21-24-11)17(23)18-12-4-6-22(7-5-12)16-10-13(19-20-16)15-3-2-8-25-15/h2-3,8-10,12H,4-7H2,1H3,(H,18,23)(H,19,20). The van der Waals surface area contributed by atoms with Gasteiger partial charge in [0.1, 0.15) is 5.76 Å². The Morgan fingerprint density at radius 1 is 1.40 bits per heavy atom. The van der Waals surface area contributed by atoms with E-state index in [0.29, 0.717) is 11.5 Å². The third-order valence-electron chi connectivity index (χ3n) is 4.37. The summed E-state index contributed by atoms with van der Waals surface area (Å²) in [6, 6.07) is 8.00. The number of nitrogens with zero attached hydrogens (tertiary/aromatic N) is 3. The highest BCUT2D eigenvalue weighted by atomic mass is 32.1. The number of H-pyrrole nitrogens is 1. The number of aromatic amines is 1. The smallest absolute Gasteiger partial charge is 0.273 e. The van der Waals surface area contributed by atoms with Crippen molar-refractivity contribution in [3.05, 3.63) is 41.1 Å². The topological polar surface area (TPSA) is 87.0 Å². The molecule has 1 aliphatic rings. The minimum absolute atomic E-state index is 0.150. The molecule has 1 fully saturated rings. The second-order valence-corrected chi connectivity index (χ2v) is 7.12. The van der Waals surface area contributed by atoms with Crippen molar-refractivity contribution in [1.82, 2.24) is 20.7 Å². The molecular formula is C17H19N5O2S. The Bertz CT molecular complexity index is 846. The number of piperidine rings is 1. The fourth-order valence-electron chi connectivity index (χ4n) is 3.02. The molecule has 1 amide bonds. The predicted octanol–water partition coefficient (Wildman–Crippen LogP) is 2.83. The van der Waals surface area contributed by atoms with Crippen molar-refractivity contribution in [1.29, 1.82) is 0 Å². The zero-order chi connectivity index (χ0) is 17.2. The molecule has 0 saturated carbocycles. The van der Waals surface area contributed by atoms with Crippen LogP contribution in [-0.4, -0.2) is 40.4 Å². The van der Waals surface area contributed by atoms with E-state index < -0.39 is 0 Å². The number of thiophene rings is 1. The van der Waals surface area contributed by atoms with E-state index in [9.17, 15) is 4.79 Å². The highest BCUT2D eigenvalue weighted by molar-refractivity contribution is 7.13. The maximum Gasteiger partial charge on any atom is 0.273 e. The summed E-state index contributed by atoms with van der Waals surface area (Å²) in [4.78, 5) is 15.6. The summed E-state index contributed by atoms with van der Waals surface area (Å²) >= 11 is 1.69. The first-order chi connectivity index (χ1) is 12.2. The van der Waals surface area contributed by atoms with E-state index in [1.807, 2.05) is 6.07 Å². The number of hydrogen-bond acceptors (Lipinski definition) is 6. The summed E-state index contributed by atoms with van der Waals surface area (Å²) in [6.07, 6.45) is 1.76. The minimum Gasteiger partial charge on any atom is -0.361 e. The Morgan fingerprint density at radius 2 is 2.24 bits per heavy atom. The first-order valence-electron chi connectivity index (χ1n) is 8.27. The molecule has 0 radical (unpaired) electrons. The number of anilines is 1. The van der Waals surface area contributed by atoms with Gasteiger partial charge in [-0.15, -0.1) is 11.3 Å². The summed E-state index contributed by atoms with van der Waals surface area (Å²) in [5, 5.41) is 16.4. The van der Waals surface area contributed by atoms with Crippen molar-refractivity contribution in [2.24, 2.45) is 0 Å². The zero-order valence-electron chi connectivity index (χ0n) is 13.9. The van der Waals surface area contributed by atoms with Crippen LogP contribution in [0.4, 0.5) is 5.82 Å². The molecular weight excluding hydrogens is 338 g/mol. The predicted molar refractivity (Wildman–Crippen MR) is 95.8 cm³/mol. The van der Waals surface area contributed by atoms with E-state index in [1.54, 1.807) is 24.3 Å². The van der Waals surface area contributed by atoms with Crippen LogP contribution in [0, 0.1) is 6.92 Å². The van der Waals surface area contributed by atoms with Gasteiger partial charge >= 0.3 is 0 Å². The van der Waals surface area contributed by atoms with Crippen molar-refractivity contribution in [3.63, 3.8) is 0 Å². The van der Waals surface area contributed by atoms with Crippen LogP contribution in [0.3, 0.4) is 0 Å². The average molecular weight is 357 g/mol. The van der Waals surface area contributed by atoms with E-state index in [0.717, 1.165) is 37.4 Å². The lowest BCUT2D eigenvalue weighted by atomic mass is 10.0. The molecule has 4 heterocycles. The molecule has 1 aliphatic heterocycles. The van der Waals surface area contributed by atoms with Gasteiger partial charge in [0.25, 0.3) is 5.91 Å². The van der Waals surface area contributed by atoms with Crippen molar-refractivity contribution in [3.8, 4) is 10.6 Å². The molecule has 1 saturated heterocycles. The van der Waals surface area contributed by atoms with Crippen LogP contribution in [-0.2, 0) is 0 Å². The maximum absolute atomic E-state index is 12.1. The highest BCUT2D eigenvalue weighted by Gasteiger charge is 2.23. The number of carbonyl (C=O) groups is 1. The number of carbonyl (C=O) groups excluding carboxylic acids is 1. The molecule has 2 N–H and O–H groups in total. The molecule has 25 heavy (non-hydrogen) atoms. The van der Waals surface area contributed by atoms with Crippen molar-refractivity contribution < 1.29 is 9.32 Å². The number of nitrogens with one attached hydrogen (secondary N) is 2. The summed E-state index contributed by atoms with van der Waals surface area (Å²) < 4.78 is 4.95. The van der Waals surface area contributed by atoms with Crippen LogP contribution in [0.2, 0.25) is 0 Å². The third kappa shape index (κ3) is 3.43. The van der Waals surface area contributed by atoms with Crippen LogP contribution in [0.15, 0.2) is 34.2 Å². The number of aromatic nitrogens is 3. The normalized spacial score (nSPS) is 15.5. The van der Waals surface area contributed by atoms with Crippen molar-refractivity contribution >= 4 is 23.1 Å². The van der Waals surface area contributed by atoms with Gasteiger partial charge in [0, 0.05) is 31.3 Å². The second-order valence-electron chi connectivity index (χ2n) is 6.17. The monoisotopic (exact) mass is 357 g/mol. The summed E-state index contributed by atoms with van der Waals surface area (Å²) in [5.41, 5.74) is 1.38. The van der Waals surface area contributed by atoms with Crippen molar-refractivity contribution in [2.75, 3.05) is 18.0 Å². The Kier molecular flexibility index (Phi) is 4.27. The van der Waals surface area contributed by atoms with Gasteiger partial charge in [-0.1, -0.05) is 11.2 Å². The second kappa shape index (κ2) is 6.72. The minimum atomic E-state index is -0.171. The molecule has 8 heteroatoms. The lowest BCUT2D eigenvalue weighted by molar-refractivity contribution is 0.0922. The molecule has 3 aromatic heterocycles. The fraction of sp³-hybridized carbons (Fsp3) is 0.353. The molecule has 3 aromatic rings. The van der Waals surface area contributed by atoms with Crippen LogP contribution in [0.5, 0.6) is 0 Å². The maximum atomic E-state index is 12.1. The van der Waals surface area contributed by atoms with Gasteiger partial charge in [0.2, 0.25) is 0 Å². The summed E-state index contributed by atoms with van der Waals surface area (Å²) in [5.74, 6) is 1.43. The molecule has 0 aromatic carbocycles. The molecule has 0 aliphatic carbocycles. The Labute approximate surface area is 149 Å². The largest absolute Gasteiger partial charge is 0.361 e. The lowest BCUT2D eigenvalue weighted by Crippen LogP contribution is -2.44. The summed E-state index contributed by atoms with van der Waals surface area (Å²) in [6.45, 7) is 3.49. The van der Waals surface area contributed by atoms with Gasteiger partial charge in [0.05, 0.1) is 10.6 Å². The number of hydrogen-bond donors (Lipinski definition) is 2. The molecule has 130 valence electrons. The number of rotatable bonds is 4. The average Bonchev–Trinajstić information content (AvgIpc) is 3.36. The van der Waals surface area contributed by atoms with Gasteiger partial charge in [-0.3, -0.25) is 9.89 Å². The molecule has 0 spiro atoms. The first-order valence-corrected chi connectivity index (χ1v) is 9.15. The Hall–Kier alpha value is -2.61. The van der Waals surface area contributed by atoms with Crippen LogP contribution in [0.1, 0.15) is 29.1 Å². The van der Waals surface area contributed by atoms with E-state index >= 15 is 0 Å². The Balaban J connectivity index is 1.33. The van der Waals surface area contributed by atoms with E-state index in [2.05, 4.69) is 43.1 Å². The molecule has 0 bridgehead atoms. The third-order valence-corrected chi connectivity index (χ3v) is 5.27. The number of amides is 1. The van der Waals surface area contributed by atoms with Crippen LogP contribution < -0.4 is 10.2 Å². The quantitative estimate of drug-likeness (QED) is 0.750. The van der Waals surface area contributed by atoms with Gasteiger partial charge < -0.3 is 14.7 Å².